The molecule has 1 saturated carbocycles. The largest absolute Gasteiger partial charge is 0.474 e. The van der Waals surface area contributed by atoms with Crippen molar-refractivity contribution < 1.29 is 13.5 Å². The molecule has 1 aliphatic carbocycles. The fourth-order valence-electron chi connectivity index (χ4n) is 2.12. The third-order valence-electron chi connectivity index (χ3n) is 3.12. The van der Waals surface area contributed by atoms with Crippen LogP contribution in [0.2, 0.25) is 0 Å². The molecule has 1 aliphatic rings. The molecule has 0 saturated heterocycles. The summed E-state index contributed by atoms with van der Waals surface area (Å²) in [6.07, 6.45) is 5.99. The number of hydrogen-bond donors (Lipinski definition) is 1. The van der Waals surface area contributed by atoms with Crippen LogP contribution in [0.5, 0.6) is 5.88 Å². The molecule has 0 unspecified atom stereocenters. The van der Waals surface area contributed by atoms with Crippen LogP contribution in [0.1, 0.15) is 32.1 Å². The van der Waals surface area contributed by atoms with Gasteiger partial charge in [0.05, 0.1) is 11.7 Å². The Morgan fingerprint density at radius 1 is 1.29 bits per heavy atom. The van der Waals surface area contributed by atoms with Crippen molar-refractivity contribution in [2.24, 2.45) is 5.73 Å². The van der Waals surface area contributed by atoms with Crippen LogP contribution in [0.3, 0.4) is 0 Å². The predicted molar refractivity (Wildman–Crippen MR) is 59.7 cm³/mol. The lowest BCUT2D eigenvalue weighted by molar-refractivity contribution is 0.163. The quantitative estimate of drug-likeness (QED) is 0.885. The second-order valence-electron chi connectivity index (χ2n) is 4.65. The molecule has 2 N–H and O–H groups in total. The number of rotatable bonds is 3. The van der Waals surface area contributed by atoms with Gasteiger partial charge in [0, 0.05) is 6.07 Å². The van der Waals surface area contributed by atoms with E-state index in [0.29, 0.717) is 0 Å². The van der Waals surface area contributed by atoms with Gasteiger partial charge in [-0.3, -0.25) is 0 Å². The minimum Gasteiger partial charge on any atom is -0.474 e. The number of halogens is 2. The van der Waals surface area contributed by atoms with Gasteiger partial charge in [0.15, 0.2) is 5.82 Å². The lowest BCUT2D eigenvalue weighted by atomic mass is 9.83. The molecule has 0 radical (unpaired) electrons. The lowest BCUT2D eigenvalue weighted by Crippen LogP contribution is -2.47. The maximum absolute atomic E-state index is 13.3. The fourth-order valence-corrected chi connectivity index (χ4v) is 2.12. The van der Waals surface area contributed by atoms with Crippen LogP contribution in [0.25, 0.3) is 0 Å². The van der Waals surface area contributed by atoms with Crippen molar-refractivity contribution in [2.45, 2.75) is 37.6 Å². The molecule has 1 aromatic heterocycles. The van der Waals surface area contributed by atoms with Gasteiger partial charge < -0.3 is 10.5 Å². The first-order valence-electron chi connectivity index (χ1n) is 5.82. The first-order valence-corrected chi connectivity index (χ1v) is 5.82. The molecule has 0 bridgehead atoms. The van der Waals surface area contributed by atoms with Gasteiger partial charge in [-0.25, -0.2) is 13.8 Å². The third-order valence-corrected chi connectivity index (χ3v) is 3.12. The molecule has 2 rings (SSSR count). The van der Waals surface area contributed by atoms with Crippen LogP contribution in [0.4, 0.5) is 8.78 Å². The van der Waals surface area contributed by atoms with Crippen molar-refractivity contribution in [3.8, 4) is 5.88 Å². The normalized spacial score (nSPS) is 19.0. The molecular weight excluding hydrogens is 226 g/mol. The highest BCUT2D eigenvalue weighted by Gasteiger charge is 2.28. The van der Waals surface area contributed by atoms with Gasteiger partial charge in [-0.1, -0.05) is 19.3 Å². The molecule has 0 aromatic carbocycles. The summed E-state index contributed by atoms with van der Waals surface area (Å²) in [6, 6.07) is 0.756. The highest BCUT2D eigenvalue weighted by Crippen LogP contribution is 2.26. The Morgan fingerprint density at radius 3 is 2.65 bits per heavy atom. The second kappa shape index (κ2) is 4.96. The standard InChI is InChI=1S/C12H16F2N2O/c13-9-6-10(14)11(16-7-9)17-8-12(15)4-2-1-3-5-12/h6-7H,1-5,8,15H2. The summed E-state index contributed by atoms with van der Waals surface area (Å²) in [5.41, 5.74) is 5.74. The number of nitrogens with zero attached hydrogens (tertiary/aromatic N) is 1. The van der Waals surface area contributed by atoms with Crippen molar-refractivity contribution in [3.63, 3.8) is 0 Å². The molecule has 17 heavy (non-hydrogen) atoms. The van der Waals surface area contributed by atoms with E-state index in [4.69, 9.17) is 10.5 Å². The van der Waals surface area contributed by atoms with Crippen molar-refractivity contribution in [1.29, 1.82) is 0 Å². The maximum atomic E-state index is 13.3. The Kier molecular flexibility index (Phi) is 3.57. The van der Waals surface area contributed by atoms with Crippen LogP contribution >= 0.6 is 0 Å². The van der Waals surface area contributed by atoms with E-state index in [2.05, 4.69) is 4.98 Å². The van der Waals surface area contributed by atoms with Gasteiger partial charge in [0.2, 0.25) is 0 Å². The molecule has 1 heterocycles. The molecule has 0 aliphatic heterocycles. The maximum Gasteiger partial charge on any atom is 0.250 e. The van der Waals surface area contributed by atoms with E-state index >= 15 is 0 Å². The summed E-state index contributed by atoms with van der Waals surface area (Å²) < 4.78 is 31.2. The smallest absolute Gasteiger partial charge is 0.250 e. The van der Waals surface area contributed by atoms with E-state index in [9.17, 15) is 8.78 Å². The molecule has 0 spiro atoms. The zero-order valence-electron chi connectivity index (χ0n) is 9.59. The van der Waals surface area contributed by atoms with Crippen molar-refractivity contribution in [2.75, 3.05) is 6.61 Å². The molecular formula is C12H16F2N2O. The monoisotopic (exact) mass is 242 g/mol. The van der Waals surface area contributed by atoms with E-state index < -0.39 is 17.2 Å². The lowest BCUT2D eigenvalue weighted by Gasteiger charge is -2.32. The van der Waals surface area contributed by atoms with Gasteiger partial charge >= 0.3 is 0 Å². The Bertz CT molecular complexity index is 392. The molecule has 94 valence electrons. The first kappa shape index (κ1) is 12.2. The average Bonchev–Trinajstić information content (AvgIpc) is 2.29. The van der Waals surface area contributed by atoms with Crippen LogP contribution in [0.15, 0.2) is 12.3 Å². The van der Waals surface area contributed by atoms with Crippen LogP contribution in [-0.4, -0.2) is 17.1 Å². The van der Waals surface area contributed by atoms with Crippen LogP contribution in [0, 0.1) is 11.6 Å². The van der Waals surface area contributed by atoms with Crippen molar-refractivity contribution in [1.82, 2.24) is 4.98 Å². The Balaban J connectivity index is 1.97. The fraction of sp³-hybridized carbons (Fsp3) is 0.583. The number of pyridine rings is 1. The van der Waals surface area contributed by atoms with Crippen molar-refractivity contribution in [3.05, 3.63) is 23.9 Å². The number of nitrogens with two attached hydrogens (primary N) is 1. The number of aromatic nitrogens is 1. The van der Waals surface area contributed by atoms with Gasteiger partial charge in [-0.15, -0.1) is 0 Å². The van der Waals surface area contributed by atoms with Crippen molar-refractivity contribution >= 4 is 0 Å². The predicted octanol–water partition coefficient (Wildman–Crippen LogP) is 2.40. The molecule has 1 aromatic rings. The minimum absolute atomic E-state index is 0.179. The van der Waals surface area contributed by atoms with Gasteiger partial charge in [-0.2, -0.15) is 0 Å². The Morgan fingerprint density at radius 2 is 2.00 bits per heavy atom. The Hall–Kier alpha value is -1.23. The summed E-state index contributed by atoms with van der Waals surface area (Å²) >= 11 is 0. The summed E-state index contributed by atoms with van der Waals surface area (Å²) in [4.78, 5) is 3.57. The molecule has 5 heteroatoms. The van der Waals surface area contributed by atoms with E-state index in [1.807, 2.05) is 0 Å². The van der Waals surface area contributed by atoms with Crippen LogP contribution < -0.4 is 10.5 Å². The molecule has 0 amide bonds. The van der Waals surface area contributed by atoms with E-state index in [-0.39, 0.29) is 12.5 Å². The summed E-state index contributed by atoms with van der Waals surface area (Å²) in [5, 5.41) is 0. The Labute approximate surface area is 99.0 Å². The summed E-state index contributed by atoms with van der Waals surface area (Å²) in [5.74, 6) is -1.68. The molecule has 1 fully saturated rings. The van der Waals surface area contributed by atoms with Crippen LogP contribution in [-0.2, 0) is 0 Å². The van der Waals surface area contributed by atoms with Gasteiger partial charge in [0.25, 0.3) is 5.88 Å². The molecule has 3 nitrogen and oxygen atoms in total. The average molecular weight is 242 g/mol. The summed E-state index contributed by atoms with van der Waals surface area (Å²) in [7, 11) is 0. The molecule has 0 atom stereocenters. The first-order chi connectivity index (χ1) is 8.09. The van der Waals surface area contributed by atoms with E-state index in [0.717, 1.165) is 37.9 Å². The van der Waals surface area contributed by atoms with E-state index in [1.54, 1.807) is 0 Å². The second-order valence-corrected chi connectivity index (χ2v) is 4.65. The van der Waals surface area contributed by atoms with Gasteiger partial charge in [0.1, 0.15) is 12.4 Å². The number of ether oxygens (including phenoxy) is 1. The zero-order chi connectivity index (χ0) is 12.3. The topological polar surface area (TPSA) is 48.1 Å². The third kappa shape index (κ3) is 3.12. The van der Waals surface area contributed by atoms with E-state index in [1.165, 1.54) is 6.42 Å². The highest BCUT2D eigenvalue weighted by molar-refractivity contribution is 5.14. The number of hydrogen-bond acceptors (Lipinski definition) is 3. The summed E-state index contributed by atoms with van der Waals surface area (Å²) in [6.45, 7) is 0.225. The zero-order valence-corrected chi connectivity index (χ0v) is 9.59. The highest BCUT2D eigenvalue weighted by atomic mass is 19.1. The van der Waals surface area contributed by atoms with Gasteiger partial charge in [-0.05, 0) is 12.8 Å². The SMILES string of the molecule is NC1(COc2ncc(F)cc2F)CCCCC1. The minimum atomic E-state index is -0.788.